The van der Waals surface area contributed by atoms with E-state index in [1.807, 2.05) is 61.5 Å². The number of amides is 1. The Balaban J connectivity index is 2.06. The van der Waals surface area contributed by atoms with Gasteiger partial charge in [-0.1, -0.05) is 42.5 Å². The lowest BCUT2D eigenvalue weighted by atomic mass is 9.99. The molecule has 0 spiro atoms. The zero-order valence-corrected chi connectivity index (χ0v) is 12.8. The van der Waals surface area contributed by atoms with Crippen LogP contribution in [0.4, 0.5) is 0 Å². The third-order valence-corrected chi connectivity index (χ3v) is 3.71. The van der Waals surface area contributed by atoms with Gasteiger partial charge in [-0.05, 0) is 30.2 Å². The van der Waals surface area contributed by atoms with Crippen LogP contribution >= 0.6 is 0 Å². The predicted octanol–water partition coefficient (Wildman–Crippen LogP) is 2.65. The molecule has 2 aromatic carbocycles. The summed E-state index contributed by atoms with van der Waals surface area (Å²) in [6, 6.07) is 16.5. The van der Waals surface area contributed by atoms with E-state index < -0.39 is 6.04 Å². The van der Waals surface area contributed by atoms with Crippen LogP contribution in [0, 0.1) is 0 Å². The fourth-order valence-electron chi connectivity index (χ4n) is 2.26. The number of ether oxygens (including phenoxy) is 1. The highest BCUT2D eigenvalue weighted by Gasteiger charge is 2.19. The van der Waals surface area contributed by atoms with Crippen molar-refractivity contribution in [2.45, 2.75) is 18.9 Å². The molecule has 1 amide bonds. The van der Waals surface area contributed by atoms with Crippen molar-refractivity contribution in [1.82, 2.24) is 5.32 Å². The van der Waals surface area contributed by atoms with E-state index >= 15 is 0 Å². The molecule has 22 heavy (non-hydrogen) atoms. The molecule has 0 aliphatic carbocycles. The summed E-state index contributed by atoms with van der Waals surface area (Å²) in [5, 5.41) is 12.4. The molecule has 0 fully saturated rings. The van der Waals surface area contributed by atoms with Crippen LogP contribution < -0.4 is 10.1 Å². The van der Waals surface area contributed by atoms with Gasteiger partial charge in [-0.3, -0.25) is 4.79 Å². The summed E-state index contributed by atoms with van der Waals surface area (Å²) >= 11 is 0. The lowest BCUT2D eigenvalue weighted by Crippen LogP contribution is -2.33. The molecule has 0 radical (unpaired) electrons. The third kappa shape index (κ3) is 3.86. The molecule has 2 atom stereocenters. The zero-order chi connectivity index (χ0) is 15.9. The second-order valence-corrected chi connectivity index (χ2v) is 5.15. The minimum absolute atomic E-state index is 0.118. The number of carbonyl (C=O) groups is 1. The molecule has 2 rings (SSSR count). The molecule has 0 saturated carbocycles. The van der Waals surface area contributed by atoms with Gasteiger partial charge in [0.05, 0.1) is 25.7 Å². The van der Waals surface area contributed by atoms with Crippen LogP contribution in [0.3, 0.4) is 0 Å². The monoisotopic (exact) mass is 299 g/mol. The van der Waals surface area contributed by atoms with Crippen molar-refractivity contribution in [3.05, 3.63) is 65.7 Å². The standard InChI is InChI=1S/C18H21NO3/c1-13(14-8-10-16(22-2)11-9-14)18(21)19-17(12-20)15-6-4-3-5-7-15/h3-11,13,17,20H,12H2,1-2H3,(H,19,21). The summed E-state index contributed by atoms with van der Waals surface area (Å²) in [4.78, 5) is 12.4. The number of hydrogen-bond donors (Lipinski definition) is 2. The van der Waals surface area contributed by atoms with Gasteiger partial charge in [-0.2, -0.15) is 0 Å². The average Bonchev–Trinajstić information content (AvgIpc) is 2.59. The average molecular weight is 299 g/mol. The van der Waals surface area contributed by atoms with Gasteiger partial charge < -0.3 is 15.2 Å². The Morgan fingerprint density at radius 3 is 2.27 bits per heavy atom. The van der Waals surface area contributed by atoms with Crippen molar-refractivity contribution in [1.29, 1.82) is 0 Å². The number of nitrogens with one attached hydrogen (secondary N) is 1. The fourth-order valence-corrected chi connectivity index (χ4v) is 2.26. The van der Waals surface area contributed by atoms with Crippen molar-refractivity contribution in [2.24, 2.45) is 0 Å². The summed E-state index contributed by atoms with van der Waals surface area (Å²) in [7, 11) is 1.61. The molecule has 0 aromatic heterocycles. The van der Waals surface area contributed by atoms with E-state index in [1.165, 1.54) is 0 Å². The molecule has 0 aliphatic rings. The van der Waals surface area contributed by atoms with Gasteiger partial charge >= 0.3 is 0 Å². The van der Waals surface area contributed by atoms with E-state index in [0.717, 1.165) is 16.9 Å². The maximum absolute atomic E-state index is 12.4. The Hall–Kier alpha value is -2.33. The van der Waals surface area contributed by atoms with Crippen LogP contribution in [0.15, 0.2) is 54.6 Å². The predicted molar refractivity (Wildman–Crippen MR) is 85.8 cm³/mol. The number of methoxy groups -OCH3 is 1. The highest BCUT2D eigenvalue weighted by molar-refractivity contribution is 5.83. The molecule has 4 heteroatoms. The first kappa shape index (κ1) is 16.0. The van der Waals surface area contributed by atoms with E-state index in [9.17, 15) is 9.90 Å². The van der Waals surface area contributed by atoms with Crippen LogP contribution in [-0.4, -0.2) is 24.7 Å². The lowest BCUT2D eigenvalue weighted by molar-refractivity contribution is -0.123. The van der Waals surface area contributed by atoms with Crippen molar-refractivity contribution in [3.8, 4) is 5.75 Å². The van der Waals surface area contributed by atoms with Gasteiger partial charge in [0.15, 0.2) is 0 Å². The Bertz CT molecular complexity index is 595. The van der Waals surface area contributed by atoms with Crippen molar-refractivity contribution in [2.75, 3.05) is 13.7 Å². The minimum atomic E-state index is -0.394. The van der Waals surface area contributed by atoms with Crippen molar-refractivity contribution < 1.29 is 14.6 Å². The van der Waals surface area contributed by atoms with Gasteiger partial charge in [0, 0.05) is 0 Å². The van der Waals surface area contributed by atoms with Gasteiger partial charge in [0.1, 0.15) is 5.75 Å². The second-order valence-electron chi connectivity index (χ2n) is 5.15. The molecular weight excluding hydrogens is 278 g/mol. The molecule has 116 valence electrons. The first-order chi connectivity index (χ1) is 10.7. The van der Waals surface area contributed by atoms with E-state index in [0.29, 0.717) is 0 Å². The van der Waals surface area contributed by atoms with Gasteiger partial charge in [0.25, 0.3) is 0 Å². The van der Waals surface area contributed by atoms with Crippen molar-refractivity contribution in [3.63, 3.8) is 0 Å². The summed E-state index contributed by atoms with van der Waals surface area (Å²) in [6.07, 6.45) is 0. The number of hydrogen-bond acceptors (Lipinski definition) is 3. The third-order valence-electron chi connectivity index (χ3n) is 3.71. The number of rotatable bonds is 6. The van der Waals surface area contributed by atoms with Crippen LogP contribution in [0.25, 0.3) is 0 Å². The van der Waals surface area contributed by atoms with Gasteiger partial charge in [0.2, 0.25) is 5.91 Å². The summed E-state index contributed by atoms with van der Waals surface area (Å²) in [6.45, 7) is 1.71. The summed E-state index contributed by atoms with van der Waals surface area (Å²) < 4.78 is 5.12. The molecule has 0 saturated heterocycles. The molecule has 2 aromatic rings. The van der Waals surface area contributed by atoms with E-state index in [4.69, 9.17) is 4.74 Å². The molecule has 0 bridgehead atoms. The molecule has 0 aliphatic heterocycles. The summed E-state index contributed by atoms with van der Waals surface area (Å²) in [5.41, 5.74) is 1.79. The SMILES string of the molecule is COc1ccc(C(C)C(=O)NC(CO)c2ccccc2)cc1. The molecule has 0 heterocycles. The Labute approximate surface area is 130 Å². The first-order valence-electron chi connectivity index (χ1n) is 7.26. The molecular formula is C18H21NO3. The Morgan fingerprint density at radius 1 is 1.09 bits per heavy atom. The fraction of sp³-hybridized carbons (Fsp3) is 0.278. The number of carbonyl (C=O) groups excluding carboxylic acids is 1. The largest absolute Gasteiger partial charge is 0.497 e. The maximum atomic E-state index is 12.4. The van der Waals surface area contributed by atoms with Crippen LogP contribution in [-0.2, 0) is 4.79 Å². The molecule has 4 nitrogen and oxygen atoms in total. The second kappa shape index (κ2) is 7.61. The van der Waals surface area contributed by atoms with E-state index in [2.05, 4.69) is 5.32 Å². The van der Waals surface area contributed by atoms with E-state index in [1.54, 1.807) is 7.11 Å². The van der Waals surface area contributed by atoms with E-state index in [-0.39, 0.29) is 18.4 Å². The highest BCUT2D eigenvalue weighted by atomic mass is 16.5. The lowest BCUT2D eigenvalue weighted by Gasteiger charge is -2.20. The topological polar surface area (TPSA) is 58.6 Å². The summed E-state index contributed by atoms with van der Waals surface area (Å²) in [5.74, 6) is 0.339. The normalized spacial score (nSPS) is 13.2. The quantitative estimate of drug-likeness (QED) is 0.862. The Kier molecular flexibility index (Phi) is 5.55. The minimum Gasteiger partial charge on any atom is -0.497 e. The van der Waals surface area contributed by atoms with Crippen LogP contribution in [0.1, 0.15) is 30.0 Å². The number of aliphatic hydroxyl groups excluding tert-OH is 1. The Morgan fingerprint density at radius 2 is 1.73 bits per heavy atom. The van der Waals surface area contributed by atoms with Crippen LogP contribution in [0.5, 0.6) is 5.75 Å². The smallest absolute Gasteiger partial charge is 0.227 e. The van der Waals surface area contributed by atoms with Gasteiger partial charge in [-0.15, -0.1) is 0 Å². The van der Waals surface area contributed by atoms with Crippen LogP contribution in [0.2, 0.25) is 0 Å². The zero-order valence-electron chi connectivity index (χ0n) is 12.8. The first-order valence-corrected chi connectivity index (χ1v) is 7.26. The maximum Gasteiger partial charge on any atom is 0.227 e. The van der Waals surface area contributed by atoms with Gasteiger partial charge in [-0.25, -0.2) is 0 Å². The number of benzene rings is 2. The highest BCUT2D eigenvalue weighted by Crippen LogP contribution is 2.21. The molecule has 2 N–H and O–H groups in total. The number of aliphatic hydroxyl groups is 1. The molecule has 2 unspecified atom stereocenters. The van der Waals surface area contributed by atoms with Crippen molar-refractivity contribution >= 4 is 5.91 Å².